The van der Waals surface area contributed by atoms with Crippen molar-refractivity contribution in [3.8, 4) is 0 Å². The predicted octanol–water partition coefficient (Wildman–Crippen LogP) is 3.37. The molecule has 1 atom stereocenters. The van der Waals surface area contributed by atoms with Crippen LogP contribution in [0.15, 0.2) is 17.0 Å². The topological polar surface area (TPSA) is 46.2 Å². The summed E-state index contributed by atoms with van der Waals surface area (Å²) in [5, 5.41) is 0. The molecule has 0 amide bonds. The Labute approximate surface area is 125 Å². The number of hydrogen-bond acceptors (Lipinski definition) is 2. The van der Waals surface area contributed by atoms with Gasteiger partial charge in [-0.05, 0) is 49.4 Å². The van der Waals surface area contributed by atoms with E-state index >= 15 is 0 Å². The second-order valence-corrected chi connectivity index (χ2v) is 7.43. The molecule has 0 heterocycles. The number of halogens is 2. The molecule has 0 fully saturated rings. The molecule has 0 aliphatic rings. The maximum atomic E-state index is 13.3. The Balaban J connectivity index is 3.11. The molecule has 0 aromatic heterocycles. The van der Waals surface area contributed by atoms with Crippen molar-refractivity contribution >= 4 is 21.6 Å². The van der Waals surface area contributed by atoms with Crippen LogP contribution in [0.25, 0.3) is 0 Å². The van der Waals surface area contributed by atoms with Gasteiger partial charge in [0.15, 0.2) is 0 Å². The molecule has 1 rings (SSSR count). The van der Waals surface area contributed by atoms with Crippen LogP contribution in [0.4, 0.5) is 4.39 Å². The minimum absolute atomic E-state index is 0.137. The molecule has 3 nitrogen and oxygen atoms in total. The number of rotatable bonds is 6. The first-order valence-electron chi connectivity index (χ1n) is 6.52. The highest BCUT2D eigenvalue weighted by atomic mass is 35.5. The Bertz CT molecular complexity index is 550. The Kier molecular flexibility index (Phi) is 5.98. The molecular formula is C14H21ClFNO2S. The Hall–Kier alpha value is -0.650. The predicted molar refractivity (Wildman–Crippen MR) is 80.2 cm³/mol. The lowest BCUT2D eigenvalue weighted by molar-refractivity contribution is 0.485. The zero-order valence-electron chi connectivity index (χ0n) is 12.2. The second-order valence-electron chi connectivity index (χ2n) is 5.47. The molecular weight excluding hydrogens is 301 g/mol. The van der Waals surface area contributed by atoms with E-state index < -0.39 is 15.8 Å². The van der Waals surface area contributed by atoms with Gasteiger partial charge in [0.2, 0.25) is 10.0 Å². The summed E-state index contributed by atoms with van der Waals surface area (Å²) in [6, 6.07) is 2.12. The van der Waals surface area contributed by atoms with Crippen molar-refractivity contribution in [1.82, 2.24) is 4.72 Å². The van der Waals surface area contributed by atoms with E-state index in [1.54, 1.807) is 13.8 Å². The van der Waals surface area contributed by atoms with Gasteiger partial charge >= 0.3 is 0 Å². The number of nitrogens with one attached hydrogen (secondary N) is 1. The third-order valence-electron chi connectivity index (χ3n) is 2.96. The standard InChI is InChI=1S/C14H21ClFNO2S/c1-9(2)5-13(8-15)17-20(18,19)14-10(3)6-12(16)7-11(14)4/h6-7,9,13,17H,5,8H2,1-4H3. The van der Waals surface area contributed by atoms with E-state index in [9.17, 15) is 12.8 Å². The van der Waals surface area contributed by atoms with Crippen LogP contribution in [0.5, 0.6) is 0 Å². The fraction of sp³-hybridized carbons (Fsp3) is 0.571. The molecule has 0 spiro atoms. The molecule has 0 radical (unpaired) electrons. The minimum Gasteiger partial charge on any atom is -0.207 e. The Morgan fingerprint density at radius 3 is 2.15 bits per heavy atom. The average Bonchev–Trinajstić information content (AvgIpc) is 2.24. The summed E-state index contributed by atoms with van der Waals surface area (Å²) in [6.45, 7) is 7.18. The Morgan fingerprint density at radius 1 is 1.25 bits per heavy atom. The highest BCUT2D eigenvalue weighted by Crippen LogP contribution is 2.22. The molecule has 0 saturated heterocycles. The van der Waals surface area contributed by atoms with E-state index in [-0.39, 0.29) is 16.8 Å². The smallest absolute Gasteiger partial charge is 0.207 e. The molecule has 6 heteroatoms. The first-order chi connectivity index (χ1) is 9.17. The Morgan fingerprint density at radius 2 is 1.75 bits per heavy atom. The number of sulfonamides is 1. The van der Waals surface area contributed by atoms with Crippen molar-refractivity contribution in [2.75, 3.05) is 5.88 Å². The maximum absolute atomic E-state index is 13.3. The van der Waals surface area contributed by atoms with Gasteiger partial charge in [-0.1, -0.05) is 13.8 Å². The van der Waals surface area contributed by atoms with E-state index in [4.69, 9.17) is 11.6 Å². The molecule has 1 N–H and O–H groups in total. The van der Waals surface area contributed by atoms with Crippen molar-refractivity contribution in [3.63, 3.8) is 0 Å². The van der Waals surface area contributed by atoms with Gasteiger partial charge in [0.05, 0.1) is 4.90 Å². The summed E-state index contributed by atoms with van der Waals surface area (Å²) in [5.74, 6) is 0.100. The van der Waals surface area contributed by atoms with Gasteiger partial charge in [-0.15, -0.1) is 11.6 Å². The largest absolute Gasteiger partial charge is 0.241 e. The van der Waals surface area contributed by atoms with Crippen molar-refractivity contribution in [1.29, 1.82) is 0 Å². The average molecular weight is 322 g/mol. The van der Waals surface area contributed by atoms with Crippen LogP contribution in [0.1, 0.15) is 31.4 Å². The summed E-state index contributed by atoms with van der Waals surface area (Å²) in [5.41, 5.74) is 0.792. The summed E-state index contributed by atoms with van der Waals surface area (Å²) in [6.07, 6.45) is 0.655. The first kappa shape index (κ1) is 17.4. The summed E-state index contributed by atoms with van der Waals surface area (Å²) in [7, 11) is -3.70. The van der Waals surface area contributed by atoms with Gasteiger partial charge in [-0.3, -0.25) is 0 Å². The van der Waals surface area contributed by atoms with Crippen molar-refractivity contribution in [2.45, 2.75) is 45.1 Å². The molecule has 20 heavy (non-hydrogen) atoms. The number of aryl methyl sites for hydroxylation is 2. The van der Waals surface area contributed by atoms with E-state index in [1.165, 1.54) is 12.1 Å². The zero-order chi connectivity index (χ0) is 15.5. The van der Waals surface area contributed by atoms with Gasteiger partial charge in [-0.25, -0.2) is 17.5 Å². The first-order valence-corrected chi connectivity index (χ1v) is 8.54. The normalized spacial score (nSPS) is 13.8. The van der Waals surface area contributed by atoms with E-state index in [1.807, 2.05) is 13.8 Å². The van der Waals surface area contributed by atoms with Gasteiger partial charge in [0.1, 0.15) is 5.82 Å². The van der Waals surface area contributed by atoms with E-state index in [2.05, 4.69) is 4.72 Å². The van der Waals surface area contributed by atoms with Crippen molar-refractivity contribution < 1.29 is 12.8 Å². The summed E-state index contributed by atoms with van der Waals surface area (Å²) in [4.78, 5) is 0.137. The lowest BCUT2D eigenvalue weighted by Crippen LogP contribution is -2.37. The van der Waals surface area contributed by atoms with Crippen LogP contribution in [0.3, 0.4) is 0 Å². The van der Waals surface area contributed by atoms with Crippen LogP contribution in [0, 0.1) is 25.6 Å². The minimum atomic E-state index is -3.70. The van der Waals surface area contributed by atoms with Gasteiger partial charge < -0.3 is 0 Å². The van der Waals surface area contributed by atoms with Crippen LogP contribution in [-0.4, -0.2) is 20.3 Å². The van der Waals surface area contributed by atoms with Crippen molar-refractivity contribution in [3.05, 3.63) is 29.1 Å². The van der Waals surface area contributed by atoms with Gasteiger partial charge in [0.25, 0.3) is 0 Å². The highest BCUT2D eigenvalue weighted by molar-refractivity contribution is 7.89. The number of benzene rings is 1. The zero-order valence-corrected chi connectivity index (χ0v) is 13.8. The monoisotopic (exact) mass is 321 g/mol. The third kappa shape index (κ3) is 4.43. The molecule has 1 unspecified atom stereocenters. The number of hydrogen-bond donors (Lipinski definition) is 1. The molecule has 0 saturated carbocycles. The fourth-order valence-corrected chi connectivity index (χ4v) is 4.31. The van der Waals surface area contributed by atoms with Gasteiger partial charge in [0, 0.05) is 11.9 Å². The molecule has 114 valence electrons. The molecule has 0 aliphatic carbocycles. The van der Waals surface area contributed by atoms with Crippen LogP contribution in [-0.2, 0) is 10.0 Å². The molecule has 0 aliphatic heterocycles. The molecule has 1 aromatic carbocycles. The third-order valence-corrected chi connectivity index (χ3v) is 5.16. The SMILES string of the molecule is Cc1cc(F)cc(C)c1S(=O)(=O)NC(CCl)CC(C)C. The fourth-order valence-electron chi connectivity index (χ4n) is 2.31. The van der Waals surface area contributed by atoms with Crippen LogP contribution < -0.4 is 4.72 Å². The van der Waals surface area contributed by atoms with Crippen LogP contribution in [0.2, 0.25) is 0 Å². The highest BCUT2D eigenvalue weighted by Gasteiger charge is 2.24. The molecule has 1 aromatic rings. The quantitative estimate of drug-likeness (QED) is 0.816. The lowest BCUT2D eigenvalue weighted by Gasteiger charge is -2.20. The lowest BCUT2D eigenvalue weighted by atomic mass is 10.1. The van der Waals surface area contributed by atoms with E-state index in [0.29, 0.717) is 23.5 Å². The van der Waals surface area contributed by atoms with Gasteiger partial charge in [-0.2, -0.15) is 0 Å². The van der Waals surface area contributed by atoms with E-state index in [0.717, 1.165) is 0 Å². The summed E-state index contributed by atoms with van der Waals surface area (Å²) >= 11 is 5.82. The van der Waals surface area contributed by atoms with Crippen LogP contribution >= 0.6 is 11.6 Å². The summed E-state index contributed by atoms with van der Waals surface area (Å²) < 4.78 is 40.8. The van der Waals surface area contributed by atoms with Crippen molar-refractivity contribution in [2.24, 2.45) is 5.92 Å². The number of alkyl halides is 1. The maximum Gasteiger partial charge on any atom is 0.241 e. The second kappa shape index (κ2) is 6.87. The molecule has 0 bridgehead atoms.